The summed E-state index contributed by atoms with van der Waals surface area (Å²) in [5, 5.41) is 3.98. The molecule has 0 bridgehead atoms. The highest BCUT2D eigenvalue weighted by Crippen LogP contribution is 2.35. The lowest BCUT2D eigenvalue weighted by Gasteiger charge is -2.13. The number of anilines is 1. The standard InChI is InChI=1S/C21H20ClN3O2/c1-13-6-9-18(16(22)12-13)24-20(26)11-10-19-23-17-5-3-2-4-15(17)21(27)25(19)14-7-8-14/h2-6,9,12,14H,7-8,10-11H2,1H3,(H,24,26). The van der Waals surface area contributed by atoms with Gasteiger partial charge in [-0.1, -0.05) is 29.8 Å². The summed E-state index contributed by atoms with van der Waals surface area (Å²) in [5.74, 6) is 0.525. The minimum absolute atomic E-state index is 0.0138. The Morgan fingerprint density at radius 1 is 1.26 bits per heavy atom. The lowest BCUT2D eigenvalue weighted by molar-refractivity contribution is -0.116. The number of halogens is 1. The van der Waals surface area contributed by atoms with Gasteiger partial charge in [-0.05, 0) is 49.6 Å². The SMILES string of the molecule is Cc1ccc(NC(=O)CCc2nc3ccccc3c(=O)n2C2CC2)c(Cl)c1. The Labute approximate surface area is 162 Å². The zero-order valence-electron chi connectivity index (χ0n) is 15.0. The van der Waals surface area contributed by atoms with Crippen LogP contribution in [0.3, 0.4) is 0 Å². The molecule has 1 saturated carbocycles. The van der Waals surface area contributed by atoms with E-state index in [2.05, 4.69) is 10.3 Å². The van der Waals surface area contributed by atoms with Gasteiger partial charge in [0, 0.05) is 18.9 Å². The fourth-order valence-electron chi connectivity index (χ4n) is 3.24. The first-order chi connectivity index (χ1) is 13.0. The van der Waals surface area contributed by atoms with Crippen LogP contribution in [0.5, 0.6) is 0 Å². The quantitative estimate of drug-likeness (QED) is 0.718. The normalized spacial score (nSPS) is 13.7. The van der Waals surface area contributed by atoms with Crippen LogP contribution in [-0.2, 0) is 11.2 Å². The molecule has 4 rings (SSSR count). The van der Waals surface area contributed by atoms with Gasteiger partial charge >= 0.3 is 0 Å². The Morgan fingerprint density at radius 2 is 2.04 bits per heavy atom. The molecule has 0 aliphatic heterocycles. The molecule has 1 N–H and O–H groups in total. The molecule has 3 aromatic rings. The molecule has 138 valence electrons. The third-order valence-corrected chi connectivity index (χ3v) is 5.08. The van der Waals surface area contributed by atoms with E-state index < -0.39 is 0 Å². The maximum atomic E-state index is 12.8. The van der Waals surface area contributed by atoms with E-state index in [4.69, 9.17) is 11.6 Å². The summed E-state index contributed by atoms with van der Waals surface area (Å²) in [6, 6.07) is 13.1. The van der Waals surface area contributed by atoms with Crippen LogP contribution >= 0.6 is 11.6 Å². The summed E-state index contributed by atoms with van der Waals surface area (Å²) in [5.41, 5.74) is 2.29. The smallest absolute Gasteiger partial charge is 0.261 e. The minimum atomic E-state index is -0.148. The van der Waals surface area contributed by atoms with E-state index in [1.165, 1.54) is 0 Å². The highest BCUT2D eigenvalue weighted by molar-refractivity contribution is 6.33. The van der Waals surface area contributed by atoms with E-state index in [1.54, 1.807) is 16.7 Å². The van der Waals surface area contributed by atoms with Gasteiger partial charge in [-0.2, -0.15) is 0 Å². The first kappa shape index (κ1) is 17.7. The lowest BCUT2D eigenvalue weighted by Crippen LogP contribution is -2.25. The molecule has 0 radical (unpaired) electrons. The highest BCUT2D eigenvalue weighted by Gasteiger charge is 2.28. The molecule has 27 heavy (non-hydrogen) atoms. The molecule has 1 fully saturated rings. The number of amides is 1. The molecule has 0 saturated heterocycles. The number of fused-ring (bicyclic) bond motifs is 1. The molecule has 1 aliphatic rings. The second-order valence-corrected chi connectivity index (χ2v) is 7.39. The Balaban J connectivity index is 1.55. The summed E-state index contributed by atoms with van der Waals surface area (Å²) in [6.45, 7) is 1.94. The Kier molecular flexibility index (Phi) is 4.70. The number of para-hydroxylation sites is 1. The predicted octanol–water partition coefficient (Wildman–Crippen LogP) is 4.26. The van der Waals surface area contributed by atoms with Crippen LogP contribution in [0, 0.1) is 6.92 Å². The van der Waals surface area contributed by atoms with Gasteiger partial charge in [-0.25, -0.2) is 4.98 Å². The van der Waals surface area contributed by atoms with Gasteiger partial charge in [0.1, 0.15) is 5.82 Å². The molecule has 0 atom stereocenters. The number of benzene rings is 2. The predicted molar refractivity (Wildman–Crippen MR) is 107 cm³/mol. The molecule has 0 spiro atoms. The van der Waals surface area contributed by atoms with E-state index in [1.807, 2.05) is 37.3 Å². The van der Waals surface area contributed by atoms with Gasteiger partial charge in [0.25, 0.3) is 5.56 Å². The van der Waals surface area contributed by atoms with Crippen LogP contribution in [0.4, 0.5) is 5.69 Å². The van der Waals surface area contributed by atoms with Gasteiger partial charge in [0.05, 0.1) is 21.6 Å². The number of hydrogen-bond acceptors (Lipinski definition) is 3. The monoisotopic (exact) mass is 381 g/mol. The summed E-state index contributed by atoms with van der Waals surface area (Å²) < 4.78 is 1.77. The topological polar surface area (TPSA) is 64.0 Å². The lowest BCUT2D eigenvalue weighted by atomic mass is 10.2. The molecule has 1 amide bonds. The van der Waals surface area contributed by atoms with Crippen molar-refractivity contribution in [3.8, 4) is 0 Å². The number of hydrogen-bond donors (Lipinski definition) is 1. The van der Waals surface area contributed by atoms with Crippen molar-refractivity contribution in [3.05, 3.63) is 69.2 Å². The largest absolute Gasteiger partial charge is 0.325 e. The minimum Gasteiger partial charge on any atom is -0.325 e. The molecule has 6 heteroatoms. The van der Waals surface area contributed by atoms with Crippen LogP contribution in [0.1, 0.15) is 36.7 Å². The summed E-state index contributed by atoms with van der Waals surface area (Å²) >= 11 is 6.18. The molecular weight excluding hydrogens is 362 g/mol. The molecular formula is C21H20ClN3O2. The number of rotatable bonds is 5. The third kappa shape index (κ3) is 3.74. The second kappa shape index (κ2) is 7.16. The average Bonchev–Trinajstić information content (AvgIpc) is 3.47. The van der Waals surface area contributed by atoms with Crippen LogP contribution < -0.4 is 10.9 Å². The fraction of sp³-hybridized carbons (Fsp3) is 0.286. The Morgan fingerprint density at radius 3 is 2.78 bits per heavy atom. The Bertz CT molecular complexity index is 1090. The van der Waals surface area contributed by atoms with E-state index in [9.17, 15) is 9.59 Å². The first-order valence-corrected chi connectivity index (χ1v) is 9.47. The number of carbonyl (C=O) groups excluding carboxylic acids is 1. The van der Waals surface area contributed by atoms with Gasteiger partial charge in [0.2, 0.25) is 5.91 Å². The first-order valence-electron chi connectivity index (χ1n) is 9.09. The van der Waals surface area contributed by atoms with Crippen LogP contribution in [-0.4, -0.2) is 15.5 Å². The molecule has 0 unspecified atom stereocenters. The third-order valence-electron chi connectivity index (χ3n) is 4.77. The van der Waals surface area contributed by atoms with Crippen molar-refractivity contribution in [2.24, 2.45) is 0 Å². The van der Waals surface area contributed by atoms with Crippen molar-refractivity contribution >= 4 is 34.1 Å². The van der Waals surface area contributed by atoms with Gasteiger partial charge in [0.15, 0.2) is 0 Å². The van der Waals surface area contributed by atoms with Crippen molar-refractivity contribution in [2.45, 2.75) is 38.6 Å². The number of nitrogens with zero attached hydrogens (tertiary/aromatic N) is 2. The summed E-state index contributed by atoms with van der Waals surface area (Å²) in [7, 11) is 0. The zero-order valence-corrected chi connectivity index (χ0v) is 15.8. The van der Waals surface area contributed by atoms with E-state index >= 15 is 0 Å². The van der Waals surface area contributed by atoms with Crippen LogP contribution in [0.25, 0.3) is 10.9 Å². The molecule has 1 aromatic heterocycles. The van der Waals surface area contributed by atoms with Crippen LogP contribution in [0.2, 0.25) is 5.02 Å². The van der Waals surface area contributed by atoms with Crippen molar-refractivity contribution in [2.75, 3.05) is 5.32 Å². The number of aromatic nitrogens is 2. The zero-order chi connectivity index (χ0) is 19.0. The summed E-state index contributed by atoms with van der Waals surface area (Å²) in [4.78, 5) is 29.9. The van der Waals surface area contributed by atoms with Crippen molar-refractivity contribution in [1.82, 2.24) is 9.55 Å². The maximum Gasteiger partial charge on any atom is 0.261 e. The van der Waals surface area contributed by atoms with E-state index in [-0.39, 0.29) is 23.9 Å². The van der Waals surface area contributed by atoms with Gasteiger partial charge in [-0.15, -0.1) is 0 Å². The second-order valence-electron chi connectivity index (χ2n) is 6.98. The number of aryl methyl sites for hydroxylation is 2. The molecule has 1 heterocycles. The molecule has 2 aromatic carbocycles. The highest BCUT2D eigenvalue weighted by atomic mass is 35.5. The van der Waals surface area contributed by atoms with Gasteiger partial charge in [-0.3, -0.25) is 14.2 Å². The van der Waals surface area contributed by atoms with Crippen molar-refractivity contribution in [3.63, 3.8) is 0 Å². The summed E-state index contributed by atoms with van der Waals surface area (Å²) in [6.07, 6.45) is 2.61. The number of carbonyl (C=O) groups is 1. The fourth-order valence-corrected chi connectivity index (χ4v) is 3.52. The van der Waals surface area contributed by atoms with Crippen LogP contribution in [0.15, 0.2) is 47.3 Å². The maximum absolute atomic E-state index is 12.8. The van der Waals surface area contributed by atoms with Gasteiger partial charge < -0.3 is 5.32 Å². The van der Waals surface area contributed by atoms with Crippen molar-refractivity contribution in [1.29, 1.82) is 0 Å². The Hall–Kier alpha value is -2.66. The number of nitrogens with one attached hydrogen (secondary N) is 1. The van der Waals surface area contributed by atoms with E-state index in [0.717, 1.165) is 18.4 Å². The average molecular weight is 382 g/mol. The molecule has 1 aliphatic carbocycles. The van der Waals surface area contributed by atoms with Crippen molar-refractivity contribution < 1.29 is 4.79 Å². The van der Waals surface area contributed by atoms with E-state index in [0.29, 0.717) is 33.9 Å². The molecule has 5 nitrogen and oxygen atoms in total.